The zero-order valence-electron chi connectivity index (χ0n) is 8.11. The molecule has 0 fully saturated rings. The summed E-state index contributed by atoms with van der Waals surface area (Å²) in [4.78, 5) is 11.0. The summed E-state index contributed by atoms with van der Waals surface area (Å²) >= 11 is 5.42. The van der Waals surface area contributed by atoms with Crippen LogP contribution in [0.4, 0.5) is 0 Å². The minimum Gasteiger partial charge on any atom is -0.352 e. The summed E-state index contributed by atoms with van der Waals surface area (Å²) in [6, 6.07) is 9.79. The van der Waals surface area contributed by atoms with Crippen molar-refractivity contribution in [2.75, 3.05) is 5.88 Å². The second-order valence-corrected chi connectivity index (χ2v) is 3.08. The van der Waals surface area contributed by atoms with E-state index in [0.29, 0.717) is 18.8 Å². The number of halogens is 3. The summed E-state index contributed by atoms with van der Waals surface area (Å²) in [5, 5.41) is 2.78. The van der Waals surface area contributed by atoms with Gasteiger partial charge in [-0.3, -0.25) is 4.79 Å². The molecule has 0 aliphatic carbocycles. The van der Waals surface area contributed by atoms with Gasteiger partial charge in [0.05, 0.1) is 0 Å². The lowest BCUT2D eigenvalue weighted by atomic mass is 10.2. The van der Waals surface area contributed by atoms with Crippen LogP contribution in [-0.2, 0) is 11.3 Å². The van der Waals surface area contributed by atoms with E-state index in [2.05, 4.69) is 5.32 Å². The Kier molecular flexibility index (Phi) is 11.4. The third-order valence-corrected chi connectivity index (χ3v) is 1.84. The van der Waals surface area contributed by atoms with Crippen LogP contribution in [0.2, 0.25) is 0 Å². The van der Waals surface area contributed by atoms with Crippen molar-refractivity contribution in [3.63, 3.8) is 0 Å². The fourth-order valence-electron chi connectivity index (χ4n) is 0.971. The molecule has 15 heavy (non-hydrogen) atoms. The molecule has 0 heterocycles. The van der Waals surface area contributed by atoms with Gasteiger partial charge in [-0.15, -0.1) is 36.4 Å². The van der Waals surface area contributed by atoms with Gasteiger partial charge in [-0.05, 0) is 5.56 Å². The fraction of sp³-hybridized carbons (Fsp3) is 0.300. The predicted octanol–water partition coefficient (Wildman–Crippen LogP) is 2.78. The van der Waals surface area contributed by atoms with Gasteiger partial charge in [0.2, 0.25) is 5.91 Å². The molecule has 0 bridgehead atoms. The lowest BCUT2D eigenvalue weighted by Crippen LogP contribution is -2.22. The Bertz CT molecular complexity index is 267. The van der Waals surface area contributed by atoms with Crippen molar-refractivity contribution in [1.82, 2.24) is 5.32 Å². The van der Waals surface area contributed by atoms with E-state index in [1.807, 2.05) is 30.3 Å². The topological polar surface area (TPSA) is 29.1 Å². The van der Waals surface area contributed by atoms with E-state index >= 15 is 0 Å². The van der Waals surface area contributed by atoms with E-state index in [1.54, 1.807) is 0 Å². The third kappa shape index (κ3) is 7.48. The Morgan fingerprint density at radius 2 is 1.80 bits per heavy atom. The van der Waals surface area contributed by atoms with Crippen LogP contribution in [-0.4, -0.2) is 11.8 Å². The van der Waals surface area contributed by atoms with Gasteiger partial charge >= 0.3 is 0 Å². The monoisotopic (exact) mass is 269 g/mol. The molecule has 0 radical (unpaired) electrons. The smallest absolute Gasteiger partial charge is 0.221 e. The van der Waals surface area contributed by atoms with E-state index < -0.39 is 0 Å². The number of nitrogens with one attached hydrogen (secondary N) is 1. The number of hydrogen-bond donors (Lipinski definition) is 1. The third-order valence-electron chi connectivity index (χ3n) is 1.65. The molecule has 0 aromatic heterocycles. The number of hydrogen-bond acceptors (Lipinski definition) is 1. The average molecular weight is 271 g/mol. The van der Waals surface area contributed by atoms with Crippen molar-refractivity contribution in [3.8, 4) is 0 Å². The Morgan fingerprint density at radius 1 is 1.20 bits per heavy atom. The maximum Gasteiger partial charge on any atom is 0.221 e. The number of amides is 1. The molecule has 1 aromatic carbocycles. The molecule has 0 aliphatic rings. The molecule has 1 aromatic rings. The lowest BCUT2D eigenvalue weighted by Gasteiger charge is -2.02. The predicted molar refractivity (Wildman–Crippen MR) is 68.1 cm³/mol. The maximum atomic E-state index is 11.0. The molecule has 0 spiro atoms. The second-order valence-electron chi connectivity index (χ2n) is 2.70. The van der Waals surface area contributed by atoms with Crippen LogP contribution in [0.15, 0.2) is 30.3 Å². The van der Waals surface area contributed by atoms with Crippen molar-refractivity contribution >= 4 is 42.3 Å². The van der Waals surface area contributed by atoms with E-state index in [4.69, 9.17) is 11.6 Å². The van der Waals surface area contributed by atoms with Gasteiger partial charge in [-0.25, -0.2) is 0 Å². The summed E-state index contributed by atoms with van der Waals surface area (Å²) in [5.74, 6) is 0.375. The highest BCUT2D eigenvalue weighted by molar-refractivity contribution is 6.18. The Labute approximate surface area is 107 Å². The van der Waals surface area contributed by atoms with Gasteiger partial charge in [0.25, 0.3) is 0 Å². The van der Waals surface area contributed by atoms with E-state index in [-0.39, 0.29) is 30.7 Å². The molecule has 1 amide bonds. The van der Waals surface area contributed by atoms with Crippen LogP contribution in [0.25, 0.3) is 0 Å². The minimum atomic E-state index is -0.00106. The maximum absolute atomic E-state index is 11.0. The molecular formula is C10H14Cl3NO. The van der Waals surface area contributed by atoms with Crippen LogP contribution in [0.1, 0.15) is 12.0 Å². The Balaban J connectivity index is 0. The summed E-state index contributed by atoms with van der Waals surface area (Å²) in [7, 11) is 0. The second kappa shape index (κ2) is 10.1. The molecule has 2 nitrogen and oxygen atoms in total. The molecule has 1 rings (SSSR count). The van der Waals surface area contributed by atoms with Gasteiger partial charge in [-0.2, -0.15) is 0 Å². The first-order chi connectivity index (χ1) is 6.33. The standard InChI is InChI=1S/C10H12ClNO.2ClH/c11-7-6-10(13)12-8-9-4-2-1-3-5-9;;/h1-5H,6-8H2,(H,12,13);2*1H. The van der Waals surface area contributed by atoms with Gasteiger partial charge in [-0.1, -0.05) is 30.3 Å². The number of rotatable bonds is 4. The van der Waals surface area contributed by atoms with Crippen LogP contribution >= 0.6 is 36.4 Å². The normalized spacial score (nSPS) is 8.33. The number of carbonyl (C=O) groups is 1. The first-order valence-electron chi connectivity index (χ1n) is 4.19. The van der Waals surface area contributed by atoms with Crippen LogP contribution in [0, 0.1) is 0 Å². The zero-order valence-corrected chi connectivity index (χ0v) is 10.5. The first kappa shape index (κ1) is 17.0. The fourth-order valence-corrected chi connectivity index (χ4v) is 1.14. The summed E-state index contributed by atoms with van der Waals surface area (Å²) < 4.78 is 0. The quantitative estimate of drug-likeness (QED) is 0.838. The number of benzene rings is 1. The molecule has 0 unspecified atom stereocenters. The van der Waals surface area contributed by atoms with Gasteiger partial charge in [0.1, 0.15) is 0 Å². The van der Waals surface area contributed by atoms with Crippen LogP contribution in [0.3, 0.4) is 0 Å². The summed E-state index contributed by atoms with van der Waals surface area (Å²) in [5.41, 5.74) is 1.10. The van der Waals surface area contributed by atoms with E-state index in [1.165, 1.54) is 0 Å². The van der Waals surface area contributed by atoms with Gasteiger partial charge in [0.15, 0.2) is 0 Å². The molecule has 0 aliphatic heterocycles. The highest BCUT2D eigenvalue weighted by Crippen LogP contribution is 1.97. The molecule has 5 heteroatoms. The molecule has 0 atom stereocenters. The van der Waals surface area contributed by atoms with Crippen molar-refractivity contribution in [1.29, 1.82) is 0 Å². The number of carbonyl (C=O) groups excluding carboxylic acids is 1. The highest BCUT2D eigenvalue weighted by Gasteiger charge is 1.98. The van der Waals surface area contributed by atoms with Crippen LogP contribution < -0.4 is 5.32 Å². The van der Waals surface area contributed by atoms with Gasteiger partial charge in [0, 0.05) is 18.8 Å². The lowest BCUT2D eigenvalue weighted by molar-refractivity contribution is -0.120. The van der Waals surface area contributed by atoms with Crippen molar-refractivity contribution in [3.05, 3.63) is 35.9 Å². The molecule has 0 saturated heterocycles. The summed E-state index contributed by atoms with van der Waals surface area (Å²) in [6.45, 7) is 0.580. The number of alkyl halides is 1. The zero-order chi connectivity index (χ0) is 9.52. The van der Waals surface area contributed by atoms with Crippen LogP contribution in [0.5, 0.6) is 0 Å². The van der Waals surface area contributed by atoms with Crippen molar-refractivity contribution < 1.29 is 4.79 Å². The van der Waals surface area contributed by atoms with E-state index in [0.717, 1.165) is 5.56 Å². The summed E-state index contributed by atoms with van der Waals surface area (Å²) in [6.07, 6.45) is 0.383. The minimum absolute atomic E-state index is 0. The molecule has 1 N–H and O–H groups in total. The Hall–Kier alpha value is -0.440. The van der Waals surface area contributed by atoms with Crippen molar-refractivity contribution in [2.24, 2.45) is 0 Å². The molecule has 0 saturated carbocycles. The largest absolute Gasteiger partial charge is 0.352 e. The Morgan fingerprint density at radius 3 is 2.33 bits per heavy atom. The molecule has 86 valence electrons. The van der Waals surface area contributed by atoms with Gasteiger partial charge < -0.3 is 5.32 Å². The first-order valence-corrected chi connectivity index (χ1v) is 4.73. The highest BCUT2D eigenvalue weighted by atomic mass is 35.5. The van der Waals surface area contributed by atoms with E-state index in [9.17, 15) is 4.79 Å². The molecular weight excluding hydrogens is 256 g/mol. The average Bonchev–Trinajstić information content (AvgIpc) is 2.17. The van der Waals surface area contributed by atoms with Crippen molar-refractivity contribution in [2.45, 2.75) is 13.0 Å². The SMILES string of the molecule is Cl.Cl.O=C(CCCl)NCc1ccccc1.